The standard InChI is InChI=1S/C23H32N2O4/c1-5-29-20-8-6-18(7-9-20)16-24-10-12-25(13-11-24)17-19-14-22(27-3)23(28-4)15-21(19)26-2/h6-9,14-15H,5,10-13,16-17H2,1-4H3. The van der Waals surface area contributed by atoms with Gasteiger partial charge in [0.05, 0.1) is 27.9 Å². The predicted molar refractivity (Wildman–Crippen MR) is 114 cm³/mol. The zero-order valence-electron chi connectivity index (χ0n) is 17.9. The maximum atomic E-state index is 5.57. The largest absolute Gasteiger partial charge is 0.496 e. The van der Waals surface area contributed by atoms with Gasteiger partial charge in [-0.3, -0.25) is 9.80 Å². The average molecular weight is 401 g/mol. The summed E-state index contributed by atoms with van der Waals surface area (Å²) in [7, 11) is 4.99. The molecule has 2 aromatic rings. The van der Waals surface area contributed by atoms with Gasteiger partial charge in [-0.2, -0.15) is 0 Å². The van der Waals surface area contributed by atoms with Crippen LogP contribution in [-0.4, -0.2) is 63.9 Å². The minimum absolute atomic E-state index is 0.688. The lowest BCUT2D eigenvalue weighted by atomic mass is 10.1. The second-order valence-electron chi connectivity index (χ2n) is 7.15. The van der Waals surface area contributed by atoms with E-state index < -0.39 is 0 Å². The van der Waals surface area contributed by atoms with E-state index in [1.807, 2.05) is 19.1 Å². The highest BCUT2D eigenvalue weighted by molar-refractivity contribution is 5.50. The molecular formula is C23H32N2O4. The van der Waals surface area contributed by atoms with E-state index in [1.165, 1.54) is 5.56 Å². The Labute approximate surface area is 173 Å². The third-order valence-corrected chi connectivity index (χ3v) is 5.29. The Kier molecular flexibility index (Phi) is 7.61. The quantitative estimate of drug-likeness (QED) is 0.643. The van der Waals surface area contributed by atoms with Crippen LogP contribution in [0.1, 0.15) is 18.1 Å². The van der Waals surface area contributed by atoms with E-state index in [2.05, 4.69) is 34.1 Å². The van der Waals surface area contributed by atoms with Crippen LogP contribution in [-0.2, 0) is 13.1 Å². The summed E-state index contributed by atoms with van der Waals surface area (Å²) in [6, 6.07) is 12.3. The number of hydrogen-bond donors (Lipinski definition) is 0. The Hall–Kier alpha value is -2.44. The fraction of sp³-hybridized carbons (Fsp3) is 0.478. The van der Waals surface area contributed by atoms with E-state index >= 15 is 0 Å². The van der Waals surface area contributed by atoms with Gasteiger partial charge in [-0.1, -0.05) is 12.1 Å². The lowest BCUT2D eigenvalue weighted by Crippen LogP contribution is -2.45. The molecule has 2 aromatic carbocycles. The highest BCUT2D eigenvalue weighted by atomic mass is 16.5. The smallest absolute Gasteiger partial charge is 0.164 e. The van der Waals surface area contributed by atoms with Gasteiger partial charge in [0, 0.05) is 50.9 Å². The summed E-state index contributed by atoms with van der Waals surface area (Å²) in [5.74, 6) is 3.19. The van der Waals surface area contributed by atoms with Gasteiger partial charge in [0.2, 0.25) is 0 Å². The fourth-order valence-corrected chi connectivity index (χ4v) is 3.68. The number of nitrogens with zero attached hydrogens (tertiary/aromatic N) is 2. The van der Waals surface area contributed by atoms with Crippen molar-refractivity contribution in [1.29, 1.82) is 0 Å². The van der Waals surface area contributed by atoms with Crippen LogP contribution in [0.2, 0.25) is 0 Å². The van der Waals surface area contributed by atoms with Crippen molar-refractivity contribution in [1.82, 2.24) is 9.80 Å². The number of piperazine rings is 1. The molecule has 0 unspecified atom stereocenters. The van der Waals surface area contributed by atoms with Crippen LogP contribution < -0.4 is 18.9 Å². The van der Waals surface area contributed by atoms with E-state index in [0.717, 1.165) is 62.1 Å². The van der Waals surface area contributed by atoms with Gasteiger partial charge < -0.3 is 18.9 Å². The Balaban J connectivity index is 1.55. The molecule has 0 N–H and O–H groups in total. The molecule has 0 spiro atoms. The van der Waals surface area contributed by atoms with Gasteiger partial charge in [-0.15, -0.1) is 0 Å². The zero-order valence-corrected chi connectivity index (χ0v) is 17.9. The molecule has 0 aliphatic carbocycles. The normalized spacial score (nSPS) is 15.2. The minimum atomic E-state index is 0.688. The topological polar surface area (TPSA) is 43.4 Å². The van der Waals surface area contributed by atoms with Gasteiger partial charge in [0.25, 0.3) is 0 Å². The van der Waals surface area contributed by atoms with Gasteiger partial charge >= 0.3 is 0 Å². The Morgan fingerprint density at radius 1 is 0.724 bits per heavy atom. The summed E-state index contributed by atoms with van der Waals surface area (Å²) in [5.41, 5.74) is 2.44. The van der Waals surface area contributed by atoms with Crippen LogP contribution >= 0.6 is 0 Å². The van der Waals surface area contributed by atoms with E-state index in [0.29, 0.717) is 12.4 Å². The van der Waals surface area contributed by atoms with Crippen LogP contribution in [0.3, 0.4) is 0 Å². The third kappa shape index (κ3) is 5.55. The van der Waals surface area contributed by atoms with Crippen LogP contribution in [0.4, 0.5) is 0 Å². The summed E-state index contributed by atoms with van der Waals surface area (Å²) in [4.78, 5) is 4.95. The number of rotatable bonds is 9. The molecule has 6 nitrogen and oxygen atoms in total. The second kappa shape index (κ2) is 10.4. The van der Waals surface area contributed by atoms with Crippen LogP contribution in [0.15, 0.2) is 36.4 Å². The molecule has 6 heteroatoms. The first kappa shape index (κ1) is 21.3. The lowest BCUT2D eigenvalue weighted by molar-refractivity contribution is 0.121. The first-order chi connectivity index (χ1) is 14.2. The van der Waals surface area contributed by atoms with Crippen LogP contribution in [0.5, 0.6) is 23.0 Å². The maximum Gasteiger partial charge on any atom is 0.164 e. The number of ether oxygens (including phenoxy) is 4. The number of benzene rings is 2. The molecule has 0 saturated carbocycles. The Bertz CT molecular complexity index is 771. The molecule has 1 fully saturated rings. The van der Waals surface area contributed by atoms with Gasteiger partial charge in [-0.25, -0.2) is 0 Å². The molecule has 158 valence electrons. The van der Waals surface area contributed by atoms with Crippen molar-refractivity contribution >= 4 is 0 Å². The van der Waals surface area contributed by atoms with Crippen molar-refractivity contribution in [3.63, 3.8) is 0 Å². The molecule has 29 heavy (non-hydrogen) atoms. The highest BCUT2D eigenvalue weighted by Crippen LogP contribution is 2.35. The molecule has 1 saturated heterocycles. The molecule has 1 heterocycles. The first-order valence-corrected chi connectivity index (χ1v) is 10.1. The monoisotopic (exact) mass is 400 g/mol. The third-order valence-electron chi connectivity index (χ3n) is 5.29. The summed E-state index contributed by atoms with van der Waals surface area (Å²) >= 11 is 0. The minimum Gasteiger partial charge on any atom is -0.496 e. The second-order valence-corrected chi connectivity index (χ2v) is 7.15. The Morgan fingerprint density at radius 3 is 1.83 bits per heavy atom. The molecule has 0 bridgehead atoms. The van der Waals surface area contributed by atoms with Crippen molar-refractivity contribution < 1.29 is 18.9 Å². The van der Waals surface area contributed by atoms with Crippen molar-refractivity contribution in [2.24, 2.45) is 0 Å². The van der Waals surface area contributed by atoms with Crippen molar-refractivity contribution in [2.45, 2.75) is 20.0 Å². The SMILES string of the molecule is CCOc1ccc(CN2CCN(Cc3cc(OC)c(OC)cc3OC)CC2)cc1. The molecule has 0 amide bonds. The fourth-order valence-electron chi connectivity index (χ4n) is 3.68. The molecular weight excluding hydrogens is 368 g/mol. The Morgan fingerprint density at radius 2 is 1.28 bits per heavy atom. The highest BCUT2D eigenvalue weighted by Gasteiger charge is 2.20. The maximum absolute atomic E-state index is 5.57. The molecule has 1 aliphatic rings. The van der Waals surface area contributed by atoms with Gasteiger partial charge in [-0.05, 0) is 30.7 Å². The summed E-state index contributed by atoms with van der Waals surface area (Å²) in [6.07, 6.45) is 0. The van der Waals surface area contributed by atoms with Crippen molar-refractivity contribution in [2.75, 3.05) is 54.1 Å². The van der Waals surface area contributed by atoms with Crippen LogP contribution in [0, 0.1) is 0 Å². The van der Waals surface area contributed by atoms with Gasteiger partial charge in [0.1, 0.15) is 11.5 Å². The summed E-state index contributed by atoms with van der Waals surface area (Å²) in [5, 5.41) is 0. The van der Waals surface area contributed by atoms with E-state index in [-0.39, 0.29) is 0 Å². The first-order valence-electron chi connectivity index (χ1n) is 10.1. The average Bonchev–Trinajstić information content (AvgIpc) is 2.76. The van der Waals surface area contributed by atoms with E-state index in [1.54, 1.807) is 21.3 Å². The molecule has 0 atom stereocenters. The number of hydrogen-bond acceptors (Lipinski definition) is 6. The zero-order chi connectivity index (χ0) is 20.6. The molecule has 1 aliphatic heterocycles. The predicted octanol–water partition coefficient (Wildman–Crippen LogP) is 3.43. The van der Waals surface area contributed by atoms with Crippen LogP contribution in [0.25, 0.3) is 0 Å². The lowest BCUT2D eigenvalue weighted by Gasteiger charge is -2.35. The van der Waals surface area contributed by atoms with E-state index in [9.17, 15) is 0 Å². The van der Waals surface area contributed by atoms with Gasteiger partial charge in [0.15, 0.2) is 11.5 Å². The number of methoxy groups -OCH3 is 3. The van der Waals surface area contributed by atoms with Crippen molar-refractivity contribution in [3.05, 3.63) is 47.5 Å². The molecule has 3 rings (SSSR count). The van der Waals surface area contributed by atoms with Crippen molar-refractivity contribution in [3.8, 4) is 23.0 Å². The van der Waals surface area contributed by atoms with E-state index in [4.69, 9.17) is 18.9 Å². The molecule has 0 radical (unpaired) electrons. The summed E-state index contributed by atoms with van der Waals surface area (Å²) < 4.78 is 21.9. The molecule has 0 aromatic heterocycles. The summed E-state index contributed by atoms with van der Waals surface area (Å²) in [6.45, 7) is 8.65.